The van der Waals surface area contributed by atoms with E-state index in [0.29, 0.717) is 5.92 Å². The molecule has 1 saturated heterocycles. The average Bonchev–Trinajstić information content (AvgIpc) is 2.69. The number of piperazine rings is 1. The predicted molar refractivity (Wildman–Crippen MR) is 110 cm³/mol. The van der Waals surface area contributed by atoms with Gasteiger partial charge < -0.3 is 15.1 Å². The first-order valence-corrected chi connectivity index (χ1v) is 9.82. The van der Waals surface area contributed by atoms with E-state index in [1.54, 1.807) is 0 Å². The van der Waals surface area contributed by atoms with Gasteiger partial charge in [-0.3, -0.25) is 4.98 Å². The van der Waals surface area contributed by atoms with E-state index in [1.807, 2.05) is 36.4 Å². The van der Waals surface area contributed by atoms with E-state index in [2.05, 4.69) is 53.3 Å². The average molecular weight is 367 g/mol. The van der Waals surface area contributed by atoms with Crippen molar-refractivity contribution in [3.05, 3.63) is 59.9 Å². The molecule has 27 heavy (non-hydrogen) atoms. The lowest BCUT2D eigenvalue weighted by atomic mass is 10.00. The van der Waals surface area contributed by atoms with Crippen molar-refractivity contribution in [2.45, 2.75) is 33.2 Å². The minimum atomic E-state index is 0.00354. The molecule has 5 nitrogen and oxygen atoms in total. The molecule has 2 heterocycles. The van der Waals surface area contributed by atoms with E-state index < -0.39 is 0 Å². The summed E-state index contributed by atoms with van der Waals surface area (Å²) in [6.07, 6.45) is 4.70. The normalized spacial score (nSPS) is 15.7. The van der Waals surface area contributed by atoms with Crippen LogP contribution >= 0.6 is 0 Å². The van der Waals surface area contributed by atoms with Crippen molar-refractivity contribution in [1.29, 1.82) is 0 Å². The van der Waals surface area contributed by atoms with Crippen molar-refractivity contribution in [2.75, 3.05) is 31.1 Å². The molecule has 1 aliphatic rings. The highest BCUT2D eigenvalue weighted by molar-refractivity contribution is 5.75. The Kier molecular flexibility index (Phi) is 6.32. The number of rotatable bonds is 5. The number of nitrogens with zero attached hydrogens (tertiary/aromatic N) is 3. The quantitative estimate of drug-likeness (QED) is 0.874. The van der Waals surface area contributed by atoms with Gasteiger partial charge in [0.2, 0.25) is 0 Å². The molecule has 2 aromatic rings. The van der Waals surface area contributed by atoms with Gasteiger partial charge in [0.25, 0.3) is 0 Å². The first kappa shape index (κ1) is 19.2. The molecule has 1 aromatic carbocycles. The summed E-state index contributed by atoms with van der Waals surface area (Å²) in [6.45, 7) is 9.65. The van der Waals surface area contributed by atoms with Crippen LogP contribution in [-0.2, 0) is 6.42 Å². The Morgan fingerprint density at radius 2 is 1.63 bits per heavy atom. The third-order valence-electron chi connectivity index (χ3n) is 5.06. The highest BCUT2D eigenvalue weighted by Gasteiger charge is 2.22. The number of benzene rings is 1. The zero-order chi connectivity index (χ0) is 19.2. The molecule has 0 spiro atoms. The molecule has 1 aromatic heterocycles. The monoisotopic (exact) mass is 366 g/mol. The highest BCUT2D eigenvalue weighted by atomic mass is 16.2. The maximum atomic E-state index is 12.6. The second-order valence-electron chi connectivity index (χ2n) is 7.69. The Labute approximate surface area is 162 Å². The molecule has 144 valence electrons. The number of carbonyl (C=O) groups is 1. The van der Waals surface area contributed by atoms with Gasteiger partial charge in [-0.2, -0.15) is 0 Å². The van der Waals surface area contributed by atoms with Gasteiger partial charge in [-0.15, -0.1) is 0 Å². The lowest BCUT2D eigenvalue weighted by Gasteiger charge is -2.36. The van der Waals surface area contributed by atoms with E-state index in [0.717, 1.165) is 38.2 Å². The van der Waals surface area contributed by atoms with Gasteiger partial charge in [0.15, 0.2) is 0 Å². The fraction of sp³-hybridized carbons (Fsp3) is 0.455. The van der Waals surface area contributed by atoms with Crippen LogP contribution in [-0.4, -0.2) is 42.1 Å². The summed E-state index contributed by atoms with van der Waals surface area (Å²) in [5.41, 5.74) is 3.66. The summed E-state index contributed by atoms with van der Waals surface area (Å²) < 4.78 is 0. The molecule has 1 fully saturated rings. The Bertz CT molecular complexity index is 722. The maximum Gasteiger partial charge on any atom is 0.317 e. The molecule has 1 atom stereocenters. The summed E-state index contributed by atoms with van der Waals surface area (Å²) in [5, 5.41) is 3.14. The number of aromatic nitrogens is 1. The van der Waals surface area contributed by atoms with Gasteiger partial charge >= 0.3 is 6.03 Å². The fourth-order valence-corrected chi connectivity index (χ4v) is 3.50. The fourth-order valence-electron chi connectivity index (χ4n) is 3.50. The number of carbonyl (C=O) groups excluding carboxylic acids is 1. The SMILES string of the molecule is CC(C)Cc1ccc(C(C)NC(=O)N2CCN(c3ccncc3)CC2)cc1. The van der Waals surface area contributed by atoms with Crippen LogP contribution in [0.4, 0.5) is 10.5 Å². The van der Waals surface area contributed by atoms with E-state index in [9.17, 15) is 4.79 Å². The first-order chi connectivity index (χ1) is 13.0. The molecule has 3 rings (SSSR count). The molecular formula is C22H30N4O. The summed E-state index contributed by atoms with van der Waals surface area (Å²) in [5.74, 6) is 0.652. The Morgan fingerprint density at radius 3 is 2.22 bits per heavy atom. The number of pyridine rings is 1. The number of hydrogen-bond donors (Lipinski definition) is 1. The van der Waals surface area contributed by atoms with Crippen LogP contribution in [0, 0.1) is 5.92 Å². The molecule has 0 bridgehead atoms. The van der Waals surface area contributed by atoms with Gasteiger partial charge in [-0.1, -0.05) is 38.1 Å². The zero-order valence-electron chi connectivity index (χ0n) is 16.6. The number of urea groups is 1. The number of nitrogens with one attached hydrogen (secondary N) is 1. The minimum absolute atomic E-state index is 0.00354. The van der Waals surface area contributed by atoms with Crippen LogP contribution in [0.2, 0.25) is 0 Å². The number of hydrogen-bond acceptors (Lipinski definition) is 3. The van der Waals surface area contributed by atoms with Crippen LogP contribution in [0.25, 0.3) is 0 Å². The van der Waals surface area contributed by atoms with Crippen molar-refractivity contribution in [3.8, 4) is 0 Å². The highest BCUT2D eigenvalue weighted by Crippen LogP contribution is 2.17. The predicted octanol–water partition coefficient (Wildman–Crippen LogP) is 3.87. The van der Waals surface area contributed by atoms with Crippen molar-refractivity contribution in [3.63, 3.8) is 0 Å². The molecule has 1 N–H and O–H groups in total. The minimum Gasteiger partial charge on any atom is -0.368 e. The molecule has 0 radical (unpaired) electrons. The van der Waals surface area contributed by atoms with Gasteiger partial charge in [-0.05, 0) is 42.5 Å². The second kappa shape index (κ2) is 8.89. The lowest BCUT2D eigenvalue weighted by Crippen LogP contribution is -2.52. The second-order valence-corrected chi connectivity index (χ2v) is 7.69. The van der Waals surface area contributed by atoms with Crippen LogP contribution in [0.5, 0.6) is 0 Å². The van der Waals surface area contributed by atoms with Crippen LogP contribution in [0.3, 0.4) is 0 Å². The molecular weight excluding hydrogens is 336 g/mol. The van der Waals surface area contributed by atoms with Gasteiger partial charge in [0.05, 0.1) is 6.04 Å². The Hall–Kier alpha value is -2.56. The lowest BCUT2D eigenvalue weighted by molar-refractivity contribution is 0.191. The van der Waals surface area contributed by atoms with Crippen molar-refractivity contribution < 1.29 is 4.79 Å². The summed E-state index contributed by atoms with van der Waals surface area (Å²) >= 11 is 0. The zero-order valence-corrected chi connectivity index (χ0v) is 16.6. The van der Waals surface area contributed by atoms with Gasteiger partial charge in [-0.25, -0.2) is 4.79 Å². The number of amides is 2. The molecule has 0 aliphatic carbocycles. The third-order valence-corrected chi connectivity index (χ3v) is 5.06. The molecule has 0 saturated carbocycles. The largest absolute Gasteiger partial charge is 0.368 e. The Balaban J connectivity index is 1.50. The number of anilines is 1. The molecule has 1 unspecified atom stereocenters. The van der Waals surface area contributed by atoms with E-state index in [1.165, 1.54) is 11.3 Å². The smallest absolute Gasteiger partial charge is 0.317 e. The van der Waals surface area contributed by atoms with Crippen molar-refractivity contribution in [1.82, 2.24) is 15.2 Å². The van der Waals surface area contributed by atoms with E-state index in [-0.39, 0.29) is 12.1 Å². The van der Waals surface area contributed by atoms with Crippen LogP contribution < -0.4 is 10.2 Å². The van der Waals surface area contributed by atoms with Crippen LogP contribution in [0.15, 0.2) is 48.8 Å². The van der Waals surface area contributed by atoms with Crippen molar-refractivity contribution >= 4 is 11.7 Å². The standard InChI is InChI=1S/C22H30N4O/c1-17(2)16-19-4-6-20(7-5-19)18(3)24-22(27)26-14-12-25(13-15-26)21-8-10-23-11-9-21/h4-11,17-18H,12-16H2,1-3H3,(H,24,27). The van der Waals surface area contributed by atoms with Gasteiger partial charge in [0.1, 0.15) is 0 Å². The third kappa shape index (κ3) is 5.22. The molecule has 1 aliphatic heterocycles. The molecule has 5 heteroatoms. The summed E-state index contributed by atoms with van der Waals surface area (Å²) in [7, 11) is 0. The van der Waals surface area contributed by atoms with Crippen LogP contribution in [0.1, 0.15) is 37.9 Å². The topological polar surface area (TPSA) is 48.5 Å². The van der Waals surface area contributed by atoms with Crippen molar-refractivity contribution in [2.24, 2.45) is 5.92 Å². The molecule has 2 amide bonds. The van der Waals surface area contributed by atoms with Gasteiger partial charge in [0, 0.05) is 44.3 Å². The summed E-state index contributed by atoms with van der Waals surface area (Å²) in [4.78, 5) is 20.9. The first-order valence-electron chi connectivity index (χ1n) is 9.82. The van der Waals surface area contributed by atoms with E-state index >= 15 is 0 Å². The summed E-state index contributed by atoms with van der Waals surface area (Å²) in [6, 6.07) is 12.7. The van der Waals surface area contributed by atoms with E-state index in [4.69, 9.17) is 0 Å². The Morgan fingerprint density at radius 1 is 1.00 bits per heavy atom. The maximum absolute atomic E-state index is 12.6.